The number of nitrogens with zero attached hydrogens (tertiary/aromatic N) is 1. The molecular formula is C23H28N2O6S. The third kappa shape index (κ3) is 1.95. The highest BCUT2D eigenvalue weighted by Crippen LogP contribution is 2.75. The quantitative estimate of drug-likeness (QED) is 0.463. The number of hydrogen-bond acceptors (Lipinski definition) is 8. The SMILES string of the molecule is C=C1C(=O)[C@]23[C@H](O)[C@H]1CC[C@H]2[C@@]12COC3(O)[C@@H](O)[C@@H]1C(C)(C)Cc1sc(NC(C)=O)nc12. The van der Waals surface area contributed by atoms with Crippen molar-refractivity contribution in [1.82, 2.24) is 4.98 Å². The van der Waals surface area contributed by atoms with Crippen LogP contribution in [0, 0.1) is 28.6 Å². The molecule has 1 aromatic rings. The van der Waals surface area contributed by atoms with Gasteiger partial charge in [0.2, 0.25) is 11.7 Å². The van der Waals surface area contributed by atoms with E-state index in [1.807, 2.05) is 0 Å². The average molecular weight is 461 g/mol. The van der Waals surface area contributed by atoms with Crippen LogP contribution in [0.25, 0.3) is 0 Å². The summed E-state index contributed by atoms with van der Waals surface area (Å²) in [7, 11) is 0. The number of hydrogen-bond donors (Lipinski definition) is 4. The number of fused-ring (bicyclic) bond motifs is 3. The van der Waals surface area contributed by atoms with Crippen LogP contribution >= 0.6 is 11.3 Å². The first-order valence-corrected chi connectivity index (χ1v) is 12.0. The number of anilines is 1. The van der Waals surface area contributed by atoms with Gasteiger partial charge in [0, 0.05) is 29.1 Å². The maximum atomic E-state index is 13.7. The van der Waals surface area contributed by atoms with E-state index in [1.165, 1.54) is 18.3 Å². The molecule has 8 atom stereocenters. The minimum absolute atomic E-state index is 0.0917. The van der Waals surface area contributed by atoms with Crippen LogP contribution < -0.4 is 5.32 Å². The summed E-state index contributed by atoms with van der Waals surface area (Å²) in [5, 5.41) is 38.2. The van der Waals surface area contributed by atoms with Gasteiger partial charge < -0.3 is 25.4 Å². The first-order chi connectivity index (χ1) is 14.9. The molecule has 2 saturated heterocycles. The summed E-state index contributed by atoms with van der Waals surface area (Å²) >= 11 is 1.40. The standard InChI is InChI=1S/C23H28N2O6S/c1-9-11-5-6-13-21-8-31-23(30,22(13,16(9)27)17(11)28)18(29)14(21)20(3,4)7-12-15(21)25-19(32-12)24-10(2)26/h11,13-14,17-18,28-30H,1,5-8H2,2-4H3,(H,24,25,26)/t11-,13-,14+,17+,18-,21-,22-,23?/m0/s1. The molecular weight excluding hydrogens is 432 g/mol. The van der Waals surface area contributed by atoms with Gasteiger partial charge in [0.1, 0.15) is 11.5 Å². The molecule has 6 aliphatic rings. The van der Waals surface area contributed by atoms with Crippen molar-refractivity contribution in [1.29, 1.82) is 0 Å². The lowest BCUT2D eigenvalue weighted by Gasteiger charge is -2.73. The molecule has 32 heavy (non-hydrogen) atoms. The van der Waals surface area contributed by atoms with E-state index in [4.69, 9.17) is 9.72 Å². The van der Waals surface area contributed by atoms with Crippen molar-refractivity contribution in [2.24, 2.45) is 28.6 Å². The lowest BCUT2D eigenvalue weighted by Crippen LogP contribution is -2.85. The maximum Gasteiger partial charge on any atom is 0.223 e. The Morgan fingerprint density at radius 3 is 2.69 bits per heavy atom. The molecule has 4 bridgehead atoms. The second kappa shape index (κ2) is 5.88. The van der Waals surface area contributed by atoms with Crippen LogP contribution in [0.2, 0.25) is 0 Å². The Kier molecular flexibility index (Phi) is 3.84. The van der Waals surface area contributed by atoms with Gasteiger partial charge in [0.15, 0.2) is 10.9 Å². The van der Waals surface area contributed by atoms with Crippen LogP contribution in [-0.2, 0) is 26.2 Å². The zero-order chi connectivity index (χ0) is 23.0. The summed E-state index contributed by atoms with van der Waals surface area (Å²) in [6, 6.07) is 0. The number of ether oxygens (including phenoxy) is 1. The lowest BCUT2D eigenvalue weighted by atomic mass is 9.36. The minimum atomic E-state index is -2.19. The molecule has 4 aliphatic carbocycles. The van der Waals surface area contributed by atoms with Crippen molar-refractivity contribution < 1.29 is 29.6 Å². The van der Waals surface area contributed by atoms with Crippen LogP contribution in [0.5, 0.6) is 0 Å². The van der Waals surface area contributed by atoms with Gasteiger partial charge in [-0.05, 0) is 36.2 Å². The fourth-order valence-corrected chi connectivity index (χ4v) is 9.64. The molecule has 1 amide bonds. The number of ketones is 1. The van der Waals surface area contributed by atoms with Crippen LogP contribution in [0.15, 0.2) is 12.2 Å². The minimum Gasteiger partial charge on any atom is -0.391 e. The van der Waals surface area contributed by atoms with E-state index < -0.39 is 57.8 Å². The number of carbonyl (C=O) groups is 2. The number of amides is 1. The van der Waals surface area contributed by atoms with Gasteiger partial charge in [0.05, 0.1) is 18.4 Å². The second-order valence-corrected chi connectivity index (χ2v) is 12.1. The Labute approximate surface area is 189 Å². The molecule has 7 rings (SSSR count). The van der Waals surface area contributed by atoms with E-state index in [0.29, 0.717) is 30.0 Å². The molecule has 3 heterocycles. The molecule has 0 radical (unpaired) electrons. The van der Waals surface area contributed by atoms with Crippen LogP contribution in [0.4, 0.5) is 5.13 Å². The number of Topliss-reactive ketones (excluding diaryl/α,β-unsaturated/α-hetero) is 1. The third-order valence-corrected chi connectivity index (χ3v) is 10.1. The predicted octanol–water partition coefficient (Wildman–Crippen LogP) is 1.14. The van der Waals surface area contributed by atoms with Crippen LogP contribution in [0.1, 0.15) is 44.2 Å². The highest BCUT2D eigenvalue weighted by atomic mass is 32.1. The summed E-state index contributed by atoms with van der Waals surface area (Å²) in [4.78, 5) is 31.2. The molecule has 172 valence electrons. The Balaban J connectivity index is 1.65. The van der Waals surface area contributed by atoms with Crippen LogP contribution in [0.3, 0.4) is 0 Å². The number of aliphatic hydroxyl groups is 3. The summed E-state index contributed by atoms with van der Waals surface area (Å²) in [5.74, 6) is -4.17. The highest BCUT2D eigenvalue weighted by Gasteiger charge is 2.86. The zero-order valence-corrected chi connectivity index (χ0v) is 19.2. The van der Waals surface area contributed by atoms with Gasteiger partial charge in [-0.25, -0.2) is 4.98 Å². The first kappa shape index (κ1) is 20.9. The number of aromatic nitrogens is 1. The second-order valence-electron chi connectivity index (χ2n) is 11.0. The highest BCUT2D eigenvalue weighted by molar-refractivity contribution is 7.15. The summed E-state index contributed by atoms with van der Waals surface area (Å²) in [5.41, 5.74) is -1.97. The monoisotopic (exact) mass is 460 g/mol. The molecule has 0 aromatic carbocycles. The normalized spacial score (nSPS) is 47.6. The lowest BCUT2D eigenvalue weighted by molar-refractivity contribution is -0.429. The molecule has 2 spiro atoms. The largest absolute Gasteiger partial charge is 0.391 e. The Bertz CT molecular complexity index is 1100. The van der Waals surface area contributed by atoms with Crippen molar-refractivity contribution in [2.75, 3.05) is 11.9 Å². The summed E-state index contributed by atoms with van der Waals surface area (Å²) in [6.07, 6.45) is -0.781. The van der Waals surface area contributed by atoms with Crippen molar-refractivity contribution >= 4 is 28.2 Å². The fraction of sp³-hybridized carbons (Fsp3) is 0.696. The average Bonchev–Trinajstić information content (AvgIpc) is 3.12. The van der Waals surface area contributed by atoms with E-state index in [1.54, 1.807) is 0 Å². The molecule has 9 heteroatoms. The van der Waals surface area contributed by atoms with Crippen molar-refractivity contribution in [3.05, 3.63) is 22.7 Å². The molecule has 8 nitrogen and oxygen atoms in total. The molecule has 4 N–H and O–H groups in total. The number of aliphatic hydroxyl groups excluding tert-OH is 2. The Morgan fingerprint density at radius 2 is 2.00 bits per heavy atom. The molecule has 5 fully saturated rings. The summed E-state index contributed by atoms with van der Waals surface area (Å²) in [6.45, 7) is 9.57. The van der Waals surface area contributed by atoms with Crippen molar-refractivity contribution in [3.8, 4) is 0 Å². The topological polar surface area (TPSA) is 129 Å². The van der Waals surface area contributed by atoms with E-state index in [2.05, 4.69) is 25.7 Å². The van der Waals surface area contributed by atoms with Crippen molar-refractivity contribution in [3.63, 3.8) is 0 Å². The van der Waals surface area contributed by atoms with Gasteiger partial charge in [-0.1, -0.05) is 20.4 Å². The van der Waals surface area contributed by atoms with Gasteiger partial charge in [0.25, 0.3) is 0 Å². The fourth-order valence-electron chi connectivity index (χ4n) is 8.30. The molecule has 1 aromatic heterocycles. The number of carbonyl (C=O) groups excluding carboxylic acids is 2. The first-order valence-electron chi connectivity index (χ1n) is 11.2. The smallest absolute Gasteiger partial charge is 0.223 e. The number of nitrogens with one attached hydrogen (secondary N) is 1. The number of thiazole rings is 1. The Morgan fingerprint density at radius 1 is 1.28 bits per heavy atom. The van der Waals surface area contributed by atoms with Crippen LogP contribution in [-0.4, -0.2) is 56.6 Å². The van der Waals surface area contributed by atoms with E-state index in [0.717, 1.165) is 10.6 Å². The van der Waals surface area contributed by atoms with E-state index in [9.17, 15) is 24.9 Å². The number of rotatable bonds is 1. The summed E-state index contributed by atoms with van der Waals surface area (Å²) < 4.78 is 6.02. The third-order valence-electron chi connectivity index (χ3n) is 9.18. The van der Waals surface area contributed by atoms with E-state index in [-0.39, 0.29) is 12.5 Å². The zero-order valence-electron chi connectivity index (χ0n) is 18.3. The molecule has 2 aliphatic heterocycles. The molecule has 1 unspecified atom stereocenters. The van der Waals surface area contributed by atoms with Gasteiger partial charge >= 0.3 is 0 Å². The van der Waals surface area contributed by atoms with E-state index >= 15 is 0 Å². The Hall–Kier alpha value is -1.65. The molecule has 3 saturated carbocycles. The van der Waals surface area contributed by atoms with Gasteiger partial charge in [-0.15, -0.1) is 11.3 Å². The van der Waals surface area contributed by atoms with Gasteiger partial charge in [-0.3, -0.25) is 9.59 Å². The predicted molar refractivity (Wildman–Crippen MR) is 115 cm³/mol. The maximum absolute atomic E-state index is 13.7. The van der Waals surface area contributed by atoms with Crippen molar-refractivity contribution in [2.45, 2.75) is 63.4 Å². The van der Waals surface area contributed by atoms with Gasteiger partial charge in [-0.2, -0.15) is 0 Å².